The van der Waals surface area contributed by atoms with Crippen LogP contribution in [-0.2, 0) is 0 Å². The normalized spacial score (nSPS) is 23.4. The van der Waals surface area contributed by atoms with Gasteiger partial charge in [0, 0.05) is 30.6 Å². The van der Waals surface area contributed by atoms with Gasteiger partial charge in [-0.2, -0.15) is 13.2 Å². The van der Waals surface area contributed by atoms with Gasteiger partial charge >= 0.3 is 6.18 Å². The zero-order chi connectivity index (χ0) is 20.0. The maximum Gasteiger partial charge on any atom is 0.401 e. The Morgan fingerprint density at radius 2 is 1.76 bits per heavy atom. The zero-order valence-corrected chi connectivity index (χ0v) is 16.2. The first-order valence-corrected chi connectivity index (χ1v) is 10.4. The fourth-order valence-electron chi connectivity index (χ4n) is 4.80. The fourth-order valence-corrected chi connectivity index (χ4v) is 4.80. The van der Waals surface area contributed by atoms with Crippen molar-refractivity contribution in [3.8, 4) is 0 Å². The molecule has 3 aromatic heterocycles. The molecule has 5 rings (SSSR count). The summed E-state index contributed by atoms with van der Waals surface area (Å²) in [5.41, 5.74) is 2.80. The molecule has 9 heteroatoms. The Hall–Kier alpha value is -2.16. The summed E-state index contributed by atoms with van der Waals surface area (Å²) in [4.78, 5) is 9.10. The van der Waals surface area contributed by atoms with Gasteiger partial charge in [-0.05, 0) is 56.4 Å². The topological polar surface area (TPSA) is 62.1 Å². The Morgan fingerprint density at radius 1 is 1.07 bits per heavy atom. The quantitative estimate of drug-likeness (QED) is 0.668. The lowest BCUT2D eigenvalue weighted by Crippen LogP contribution is -2.39. The number of H-pyrrole nitrogens is 1. The minimum absolute atomic E-state index is 0.295. The molecule has 2 aliphatic carbocycles. The molecule has 0 atom stereocenters. The van der Waals surface area contributed by atoms with E-state index in [2.05, 4.69) is 20.3 Å². The van der Waals surface area contributed by atoms with Crippen molar-refractivity contribution in [3.63, 3.8) is 0 Å². The highest BCUT2D eigenvalue weighted by molar-refractivity contribution is 5.92. The number of aromatic amines is 1. The predicted molar refractivity (Wildman–Crippen MR) is 103 cm³/mol. The van der Waals surface area contributed by atoms with Crippen LogP contribution in [0.5, 0.6) is 0 Å². The van der Waals surface area contributed by atoms with Crippen molar-refractivity contribution in [1.82, 2.24) is 29.7 Å². The number of alkyl halides is 3. The standard InChI is InChI=1S/C20H25F3N6/c21-20(22,23)11-28(9-13-1-2-13)10-14-3-5-15(6-4-14)17-18-16-7-8-24-19(16)25-12-29(18)27-26-17/h7-8,12-15,24H,1-6,9-11H2. The Balaban J connectivity index is 1.26. The zero-order valence-electron chi connectivity index (χ0n) is 16.2. The lowest BCUT2D eigenvalue weighted by molar-refractivity contribution is -0.148. The molecule has 0 spiro atoms. The second-order valence-electron chi connectivity index (χ2n) is 8.72. The number of nitrogens with one attached hydrogen (secondary N) is 1. The minimum Gasteiger partial charge on any atom is -0.346 e. The third-order valence-corrected chi connectivity index (χ3v) is 6.36. The van der Waals surface area contributed by atoms with Crippen LogP contribution >= 0.6 is 0 Å². The van der Waals surface area contributed by atoms with Crippen LogP contribution < -0.4 is 0 Å². The van der Waals surface area contributed by atoms with Crippen molar-refractivity contribution in [1.29, 1.82) is 0 Å². The lowest BCUT2D eigenvalue weighted by atomic mass is 9.80. The molecule has 2 saturated carbocycles. The highest BCUT2D eigenvalue weighted by atomic mass is 19.4. The van der Waals surface area contributed by atoms with Gasteiger partial charge in [0.1, 0.15) is 17.5 Å². The Kier molecular flexibility index (Phi) is 4.72. The molecule has 0 amide bonds. The summed E-state index contributed by atoms with van der Waals surface area (Å²) < 4.78 is 40.6. The lowest BCUT2D eigenvalue weighted by Gasteiger charge is -2.32. The van der Waals surface area contributed by atoms with Gasteiger partial charge in [0.15, 0.2) is 0 Å². The molecule has 6 nitrogen and oxygen atoms in total. The molecular weight excluding hydrogens is 381 g/mol. The smallest absolute Gasteiger partial charge is 0.346 e. The molecule has 0 aliphatic heterocycles. The van der Waals surface area contributed by atoms with Crippen molar-refractivity contribution < 1.29 is 13.2 Å². The molecule has 1 N–H and O–H groups in total. The van der Waals surface area contributed by atoms with Gasteiger partial charge in [0.05, 0.1) is 12.2 Å². The molecule has 156 valence electrons. The van der Waals surface area contributed by atoms with Gasteiger partial charge in [0.2, 0.25) is 0 Å². The highest BCUT2D eigenvalue weighted by Gasteiger charge is 2.35. The molecular formula is C20H25F3N6. The van der Waals surface area contributed by atoms with E-state index in [-0.39, 0.29) is 0 Å². The maximum atomic E-state index is 13.0. The number of rotatable bonds is 6. The molecule has 0 radical (unpaired) electrons. The monoisotopic (exact) mass is 406 g/mol. The van der Waals surface area contributed by atoms with Crippen LogP contribution in [0.4, 0.5) is 13.2 Å². The third-order valence-electron chi connectivity index (χ3n) is 6.36. The summed E-state index contributed by atoms with van der Waals surface area (Å²) in [6, 6.07) is 1.99. The number of halogens is 3. The van der Waals surface area contributed by atoms with E-state index < -0.39 is 12.7 Å². The molecule has 0 saturated heterocycles. The van der Waals surface area contributed by atoms with Gasteiger partial charge in [-0.3, -0.25) is 4.90 Å². The van der Waals surface area contributed by atoms with Gasteiger partial charge in [-0.1, -0.05) is 5.21 Å². The maximum absolute atomic E-state index is 13.0. The van der Waals surface area contributed by atoms with Crippen molar-refractivity contribution >= 4 is 16.6 Å². The first-order chi connectivity index (χ1) is 14.0. The number of aromatic nitrogens is 5. The average Bonchev–Trinajstić information content (AvgIpc) is 3.17. The number of nitrogens with zero attached hydrogens (tertiary/aromatic N) is 5. The number of hydrogen-bond acceptors (Lipinski definition) is 4. The number of hydrogen-bond donors (Lipinski definition) is 1. The molecule has 29 heavy (non-hydrogen) atoms. The van der Waals surface area contributed by atoms with E-state index in [4.69, 9.17) is 0 Å². The Morgan fingerprint density at radius 3 is 2.41 bits per heavy atom. The van der Waals surface area contributed by atoms with E-state index in [9.17, 15) is 13.2 Å². The van der Waals surface area contributed by atoms with E-state index in [0.717, 1.165) is 60.8 Å². The number of fused-ring (bicyclic) bond motifs is 3. The van der Waals surface area contributed by atoms with Crippen LogP contribution in [0.2, 0.25) is 0 Å². The van der Waals surface area contributed by atoms with Crippen LogP contribution in [0.25, 0.3) is 16.6 Å². The summed E-state index contributed by atoms with van der Waals surface area (Å²) in [6.07, 6.45) is 5.31. The van der Waals surface area contributed by atoms with Crippen molar-refractivity contribution in [2.75, 3.05) is 19.6 Å². The molecule has 0 aromatic carbocycles. The minimum atomic E-state index is -4.12. The molecule has 2 fully saturated rings. The van der Waals surface area contributed by atoms with E-state index in [0.29, 0.717) is 30.8 Å². The predicted octanol–water partition coefficient (Wildman–Crippen LogP) is 4.15. The summed E-state index contributed by atoms with van der Waals surface area (Å²) in [7, 11) is 0. The highest BCUT2D eigenvalue weighted by Crippen LogP contribution is 2.39. The Labute approximate surface area is 166 Å². The largest absolute Gasteiger partial charge is 0.401 e. The van der Waals surface area contributed by atoms with Gasteiger partial charge in [-0.25, -0.2) is 9.50 Å². The third kappa shape index (κ3) is 4.10. The second kappa shape index (κ2) is 7.27. The van der Waals surface area contributed by atoms with Gasteiger partial charge < -0.3 is 4.98 Å². The van der Waals surface area contributed by atoms with Crippen molar-refractivity contribution in [2.24, 2.45) is 11.8 Å². The van der Waals surface area contributed by atoms with E-state index >= 15 is 0 Å². The summed E-state index contributed by atoms with van der Waals surface area (Å²) in [6.45, 7) is 0.363. The van der Waals surface area contributed by atoms with Crippen LogP contribution in [-0.4, -0.2) is 55.5 Å². The molecule has 0 unspecified atom stereocenters. The van der Waals surface area contributed by atoms with Crippen LogP contribution in [0, 0.1) is 11.8 Å². The van der Waals surface area contributed by atoms with Gasteiger partial charge in [-0.15, -0.1) is 5.10 Å². The van der Waals surface area contributed by atoms with Gasteiger partial charge in [0.25, 0.3) is 0 Å². The molecule has 2 aliphatic rings. The van der Waals surface area contributed by atoms with E-state index in [1.165, 1.54) is 0 Å². The SMILES string of the molecule is FC(F)(F)CN(CC1CC1)CC1CCC(c2nnn3cnc4[nH]ccc4c23)CC1. The first kappa shape index (κ1) is 18.8. The van der Waals surface area contributed by atoms with Crippen molar-refractivity contribution in [3.05, 3.63) is 24.3 Å². The fraction of sp³-hybridized carbons (Fsp3) is 0.650. The second-order valence-corrected chi connectivity index (χ2v) is 8.72. The van der Waals surface area contributed by atoms with E-state index in [1.54, 1.807) is 15.7 Å². The van der Waals surface area contributed by atoms with Crippen LogP contribution in [0.1, 0.15) is 50.1 Å². The van der Waals surface area contributed by atoms with Crippen molar-refractivity contribution in [2.45, 2.75) is 50.6 Å². The Bertz CT molecular complexity index is 981. The summed E-state index contributed by atoms with van der Waals surface area (Å²) in [5.74, 6) is 1.08. The first-order valence-electron chi connectivity index (χ1n) is 10.4. The summed E-state index contributed by atoms with van der Waals surface area (Å²) >= 11 is 0. The molecule has 0 bridgehead atoms. The van der Waals surface area contributed by atoms with Crippen LogP contribution in [0.15, 0.2) is 18.6 Å². The summed E-state index contributed by atoms with van der Waals surface area (Å²) in [5, 5.41) is 9.67. The molecule has 3 heterocycles. The van der Waals surface area contributed by atoms with E-state index in [1.807, 2.05) is 12.3 Å². The van der Waals surface area contributed by atoms with Crippen LogP contribution in [0.3, 0.4) is 0 Å². The average molecular weight is 406 g/mol. The molecule has 3 aromatic rings.